The van der Waals surface area contributed by atoms with Gasteiger partial charge in [0.05, 0.1) is 38.0 Å². The highest BCUT2D eigenvalue weighted by Gasteiger charge is 2.10. The van der Waals surface area contributed by atoms with E-state index in [1.807, 2.05) is 32.9 Å². The first kappa shape index (κ1) is 24.0. The first-order valence-corrected chi connectivity index (χ1v) is 9.94. The minimum absolute atomic E-state index is 0. The van der Waals surface area contributed by atoms with Crippen LogP contribution in [0.2, 0.25) is 0 Å². The number of aryl methyl sites for hydroxylation is 2. The molecule has 0 bridgehead atoms. The number of rotatable bonds is 7. The minimum Gasteiger partial charge on any atom is -0.493 e. The Morgan fingerprint density at radius 2 is 1.85 bits per heavy atom. The predicted octanol–water partition coefficient (Wildman–Crippen LogP) is 4.41. The summed E-state index contributed by atoms with van der Waals surface area (Å²) in [6.45, 7) is 8.11. The van der Waals surface area contributed by atoms with Crippen molar-refractivity contribution in [1.82, 2.24) is 15.6 Å². The molecule has 1 aromatic carbocycles. The molecule has 9 heteroatoms. The highest BCUT2D eigenvalue weighted by molar-refractivity contribution is 14.0. The van der Waals surface area contributed by atoms with Gasteiger partial charge in [-0.05, 0) is 38.5 Å². The molecule has 0 spiro atoms. The molecule has 0 saturated heterocycles. The number of methoxy groups -OCH3 is 2. The van der Waals surface area contributed by atoms with Gasteiger partial charge in [0.1, 0.15) is 0 Å². The molecule has 2 rings (SSSR count). The molecule has 0 aliphatic heterocycles. The van der Waals surface area contributed by atoms with Crippen LogP contribution < -0.4 is 20.1 Å². The summed E-state index contributed by atoms with van der Waals surface area (Å²) < 4.78 is 11.6. The van der Waals surface area contributed by atoms with E-state index in [4.69, 9.17) is 9.47 Å². The van der Waals surface area contributed by atoms with Crippen LogP contribution in [0.15, 0.2) is 21.6 Å². The van der Waals surface area contributed by atoms with Crippen molar-refractivity contribution in [1.29, 1.82) is 0 Å². The average molecular weight is 569 g/mol. The molecule has 0 amide bonds. The van der Waals surface area contributed by atoms with Crippen LogP contribution in [0.25, 0.3) is 0 Å². The highest BCUT2D eigenvalue weighted by Crippen LogP contribution is 2.33. The molecule has 1 heterocycles. The maximum atomic E-state index is 5.38. The summed E-state index contributed by atoms with van der Waals surface area (Å²) in [6, 6.07) is 3.83. The Morgan fingerprint density at radius 3 is 2.41 bits per heavy atom. The summed E-state index contributed by atoms with van der Waals surface area (Å²) in [4.78, 5) is 10.4. The number of hydrogen-bond acceptors (Lipinski definition) is 5. The Bertz CT molecular complexity index is 783. The Kier molecular flexibility index (Phi) is 10.4. The third-order valence-electron chi connectivity index (χ3n) is 3.72. The number of hydrogen-bond donors (Lipinski definition) is 2. The molecule has 150 valence electrons. The van der Waals surface area contributed by atoms with Gasteiger partial charge in [-0.25, -0.2) is 9.98 Å². The molecule has 0 radical (unpaired) electrons. The fraction of sp³-hybridized carbons (Fsp3) is 0.444. The second-order valence-electron chi connectivity index (χ2n) is 5.59. The number of nitrogens with one attached hydrogen (secondary N) is 2. The highest BCUT2D eigenvalue weighted by atomic mass is 127. The number of benzene rings is 1. The van der Waals surface area contributed by atoms with Gasteiger partial charge < -0.3 is 20.1 Å². The van der Waals surface area contributed by atoms with E-state index in [9.17, 15) is 0 Å². The Morgan fingerprint density at radius 1 is 1.19 bits per heavy atom. The molecular weight excluding hydrogens is 543 g/mol. The molecule has 0 aliphatic rings. The lowest BCUT2D eigenvalue weighted by molar-refractivity contribution is 0.354. The van der Waals surface area contributed by atoms with Crippen LogP contribution in [-0.2, 0) is 13.1 Å². The Labute approximate surface area is 190 Å². The van der Waals surface area contributed by atoms with Crippen molar-refractivity contribution in [3.05, 3.63) is 37.7 Å². The van der Waals surface area contributed by atoms with Crippen molar-refractivity contribution >= 4 is 57.2 Å². The molecule has 0 atom stereocenters. The van der Waals surface area contributed by atoms with Crippen molar-refractivity contribution in [2.75, 3.05) is 20.8 Å². The lowest BCUT2D eigenvalue weighted by atomic mass is 10.2. The summed E-state index contributed by atoms with van der Waals surface area (Å²) in [5.41, 5.74) is 2.09. The zero-order valence-corrected chi connectivity index (χ0v) is 20.9. The molecule has 0 unspecified atom stereocenters. The topological polar surface area (TPSA) is 67.8 Å². The largest absolute Gasteiger partial charge is 0.493 e. The number of guanidine groups is 1. The number of thiazole rings is 1. The third-order valence-corrected chi connectivity index (χ3v) is 5.53. The maximum absolute atomic E-state index is 5.38. The summed E-state index contributed by atoms with van der Waals surface area (Å²) in [5.74, 6) is 2.14. The van der Waals surface area contributed by atoms with E-state index in [2.05, 4.69) is 36.5 Å². The maximum Gasteiger partial charge on any atom is 0.191 e. The van der Waals surface area contributed by atoms with Crippen LogP contribution in [0.5, 0.6) is 11.5 Å². The van der Waals surface area contributed by atoms with E-state index in [1.54, 1.807) is 25.6 Å². The monoisotopic (exact) mass is 568 g/mol. The third kappa shape index (κ3) is 6.79. The molecule has 0 aliphatic carbocycles. The molecule has 1 aromatic heterocycles. The van der Waals surface area contributed by atoms with Crippen LogP contribution >= 0.6 is 51.2 Å². The van der Waals surface area contributed by atoms with Gasteiger partial charge in [-0.2, -0.15) is 0 Å². The van der Waals surface area contributed by atoms with Gasteiger partial charge in [0.25, 0.3) is 0 Å². The van der Waals surface area contributed by atoms with E-state index in [1.165, 1.54) is 4.88 Å². The number of halogens is 2. The molecule has 2 aromatic rings. The molecule has 2 N–H and O–H groups in total. The Hall–Kier alpha value is -1.07. The summed E-state index contributed by atoms with van der Waals surface area (Å²) in [6.07, 6.45) is 0. The van der Waals surface area contributed by atoms with Crippen LogP contribution in [-0.4, -0.2) is 31.7 Å². The first-order chi connectivity index (χ1) is 12.5. The smallest absolute Gasteiger partial charge is 0.191 e. The van der Waals surface area contributed by atoms with Gasteiger partial charge in [0.2, 0.25) is 0 Å². The van der Waals surface area contributed by atoms with E-state index < -0.39 is 0 Å². The van der Waals surface area contributed by atoms with Crippen LogP contribution in [0.1, 0.15) is 28.1 Å². The van der Waals surface area contributed by atoms with Crippen molar-refractivity contribution in [3.63, 3.8) is 0 Å². The van der Waals surface area contributed by atoms with Crippen molar-refractivity contribution in [2.24, 2.45) is 4.99 Å². The molecule has 0 saturated carbocycles. The molecule has 0 fully saturated rings. The normalized spacial score (nSPS) is 11.0. The lowest BCUT2D eigenvalue weighted by Crippen LogP contribution is -2.36. The van der Waals surface area contributed by atoms with E-state index in [0.717, 1.165) is 33.2 Å². The van der Waals surface area contributed by atoms with E-state index in [-0.39, 0.29) is 24.0 Å². The fourth-order valence-corrected chi connectivity index (χ4v) is 3.75. The summed E-state index contributed by atoms with van der Waals surface area (Å²) >= 11 is 5.28. The number of aromatic nitrogens is 1. The average Bonchev–Trinajstić information content (AvgIpc) is 2.95. The van der Waals surface area contributed by atoms with Gasteiger partial charge in [-0.15, -0.1) is 35.3 Å². The fourth-order valence-electron chi connectivity index (χ4n) is 2.42. The van der Waals surface area contributed by atoms with Crippen molar-refractivity contribution < 1.29 is 9.47 Å². The second-order valence-corrected chi connectivity index (χ2v) is 7.73. The molecule has 27 heavy (non-hydrogen) atoms. The van der Waals surface area contributed by atoms with Gasteiger partial charge >= 0.3 is 0 Å². The zero-order valence-electron chi connectivity index (χ0n) is 16.2. The van der Waals surface area contributed by atoms with Gasteiger partial charge in [-0.1, -0.05) is 15.9 Å². The number of nitrogens with zero attached hydrogens (tertiary/aromatic N) is 2. The first-order valence-electron chi connectivity index (χ1n) is 8.34. The Balaban J connectivity index is 0.00000364. The van der Waals surface area contributed by atoms with E-state index >= 15 is 0 Å². The van der Waals surface area contributed by atoms with Gasteiger partial charge in [-0.3, -0.25) is 0 Å². The van der Waals surface area contributed by atoms with Crippen molar-refractivity contribution in [3.8, 4) is 11.5 Å². The SMILES string of the molecule is CCNC(=NCc1cc(OC)c(OC)cc1Br)NCc1sc(C)nc1C.I. The van der Waals surface area contributed by atoms with Crippen LogP contribution in [0.3, 0.4) is 0 Å². The predicted molar refractivity (Wildman–Crippen MR) is 126 cm³/mol. The minimum atomic E-state index is 0. The number of aliphatic imine (C=N–C) groups is 1. The van der Waals surface area contributed by atoms with Gasteiger partial charge in [0, 0.05) is 15.9 Å². The summed E-state index contributed by atoms with van der Waals surface area (Å²) in [5, 5.41) is 7.72. The van der Waals surface area contributed by atoms with Crippen LogP contribution in [0, 0.1) is 13.8 Å². The second kappa shape index (κ2) is 11.7. The van der Waals surface area contributed by atoms with Crippen molar-refractivity contribution in [2.45, 2.75) is 33.9 Å². The van der Waals surface area contributed by atoms with Crippen LogP contribution in [0.4, 0.5) is 0 Å². The lowest BCUT2D eigenvalue weighted by Gasteiger charge is -2.13. The zero-order chi connectivity index (χ0) is 19.1. The van der Waals surface area contributed by atoms with Gasteiger partial charge in [0.15, 0.2) is 17.5 Å². The molecule has 6 nitrogen and oxygen atoms in total. The standard InChI is InChI=1S/C18H25BrN4O2S.HI/c1-6-20-18(22-10-17-11(2)23-12(3)26-17)21-9-13-7-15(24-4)16(25-5)8-14(13)19;/h7-8H,6,9-10H2,1-5H3,(H2,20,21,22);1H. The quantitative estimate of drug-likeness (QED) is 0.294. The molecular formula is C18H26BrIN4O2S. The summed E-state index contributed by atoms with van der Waals surface area (Å²) in [7, 11) is 3.25. The van der Waals surface area contributed by atoms with E-state index in [0.29, 0.717) is 24.6 Å². The number of ether oxygens (including phenoxy) is 2.